The number of guanidine groups is 1. The first kappa shape index (κ1) is 25.3. The van der Waals surface area contributed by atoms with Gasteiger partial charge in [0.1, 0.15) is 17.4 Å². The standard InChI is InChI=1S/C23H29F2N3O2.HI/c1-3-26-23(28-13-19-11-20(24)6-7-21(19)25)27-12-18-5-4-16(2)10-22(18)30-15-17-8-9-29-14-17;/h4-7,10-11,17H,3,8-9,12-15H2,1-2H3,(H2,26,27,28);1H. The van der Waals surface area contributed by atoms with Crippen LogP contribution in [0.15, 0.2) is 41.4 Å². The summed E-state index contributed by atoms with van der Waals surface area (Å²) < 4.78 is 38.7. The van der Waals surface area contributed by atoms with E-state index in [0.29, 0.717) is 31.6 Å². The maximum Gasteiger partial charge on any atom is 0.191 e. The molecule has 1 fully saturated rings. The zero-order valence-corrected chi connectivity index (χ0v) is 20.2. The maximum absolute atomic E-state index is 13.9. The summed E-state index contributed by atoms with van der Waals surface area (Å²) in [6, 6.07) is 9.47. The third-order valence-electron chi connectivity index (χ3n) is 4.93. The summed E-state index contributed by atoms with van der Waals surface area (Å²) in [5.41, 5.74) is 2.34. The molecule has 0 amide bonds. The van der Waals surface area contributed by atoms with Crippen LogP contribution < -0.4 is 15.4 Å². The van der Waals surface area contributed by atoms with E-state index in [9.17, 15) is 8.78 Å². The van der Waals surface area contributed by atoms with Gasteiger partial charge < -0.3 is 20.1 Å². The number of halogens is 3. The molecule has 31 heavy (non-hydrogen) atoms. The number of rotatable bonds is 8. The van der Waals surface area contributed by atoms with Gasteiger partial charge in [0, 0.05) is 36.7 Å². The van der Waals surface area contributed by atoms with Crippen LogP contribution in [0.1, 0.15) is 30.0 Å². The Hall–Kier alpha value is -1.94. The number of aryl methyl sites for hydroxylation is 1. The fraction of sp³-hybridized carbons (Fsp3) is 0.435. The van der Waals surface area contributed by atoms with E-state index >= 15 is 0 Å². The molecule has 170 valence electrons. The van der Waals surface area contributed by atoms with Crippen LogP contribution in [0.2, 0.25) is 0 Å². The molecule has 8 heteroatoms. The summed E-state index contributed by atoms with van der Waals surface area (Å²) in [5.74, 6) is 0.833. The lowest BCUT2D eigenvalue weighted by Gasteiger charge is -2.17. The molecule has 1 saturated heterocycles. The van der Waals surface area contributed by atoms with Gasteiger partial charge in [0.2, 0.25) is 0 Å². The minimum atomic E-state index is -0.478. The van der Waals surface area contributed by atoms with Gasteiger partial charge in [-0.25, -0.2) is 13.8 Å². The second-order valence-electron chi connectivity index (χ2n) is 7.44. The molecule has 2 N–H and O–H groups in total. The zero-order chi connectivity index (χ0) is 21.3. The maximum atomic E-state index is 13.9. The molecule has 1 heterocycles. The molecule has 2 aromatic carbocycles. The summed E-state index contributed by atoms with van der Waals surface area (Å²) in [7, 11) is 0. The summed E-state index contributed by atoms with van der Waals surface area (Å²) in [6.07, 6.45) is 1.02. The lowest BCUT2D eigenvalue weighted by molar-refractivity contribution is 0.166. The van der Waals surface area contributed by atoms with Crippen LogP contribution in [-0.2, 0) is 17.8 Å². The highest BCUT2D eigenvalue weighted by atomic mass is 127. The molecule has 3 rings (SSSR count). The molecule has 0 spiro atoms. The second kappa shape index (κ2) is 12.8. The lowest BCUT2D eigenvalue weighted by Crippen LogP contribution is -2.37. The van der Waals surface area contributed by atoms with E-state index in [1.807, 2.05) is 32.0 Å². The van der Waals surface area contributed by atoms with E-state index in [-0.39, 0.29) is 36.1 Å². The van der Waals surface area contributed by atoms with Crippen LogP contribution in [0.3, 0.4) is 0 Å². The van der Waals surface area contributed by atoms with E-state index in [2.05, 4.69) is 15.6 Å². The predicted molar refractivity (Wildman–Crippen MR) is 129 cm³/mol. The van der Waals surface area contributed by atoms with Gasteiger partial charge in [0.05, 0.1) is 19.8 Å². The summed E-state index contributed by atoms with van der Waals surface area (Å²) in [4.78, 5) is 4.39. The molecule has 0 aromatic heterocycles. The molecular weight excluding hydrogens is 515 g/mol. The Balaban J connectivity index is 0.00000341. The minimum Gasteiger partial charge on any atom is -0.493 e. The molecule has 1 unspecified atom stereocenters. The van der Waals surface area contributed by atoms with Gasteiger partial charge >= 0.3 is 0 Å². The number of aliphatic imine (C=N–C) groups is 1. The number of ether oxygens (including phenoxy) is 2. The van der Waals surface area contributed by atoms with Crippen molar-refractivity contribution in [2.24, 2.45) is 10.9 Å². The fourth-order valence-corrected chi connectivity index (χ4v) is 3.21. The van der Waals surface area contributed by atoms with Crippen molar-refractivity contribution in [3.05, 3.63) is 64.7 Å². The predicted octanol–water partition coefficient (Wildman–Crippen LogP) is 4.56. The van der Waals surface area contributed by atoms with Crippen LogP contribution >= 0.6 is 24.0 Å². The molecule has 5 nitrogen and oxygen atoms in total. The first-order chi connectivity index (χ1) is 14.5. The summed E-state index contributed by atoms with van der Waals surface area (Å²) in [6.45, 7) is 7.33. The van der Waals surface area contributed by atoms with Crippen molar-refractivity contribution in [1.82, 2.24) is 10.6 Å². The average Bonchev–Trinajstić information content (AvgIpc) is 3.25. The first-order valence-corrected chi connectivity index (χ1v) is 10.3. The SMILES string of the molecule is CCNC(=NCc1cc(F)ccc1F)NCc1ccc(C)cc1OCC1CCOC1.I. The molecular formula is C23H30F2IN3O2. The van der Waals surface area contributed by atoms with Crippen LogP contribution in [0, 0.1) is 24.5 Å². The summed E-state index contributed by atoms with van der Waals surface area (Å²) in [5, 5.41) is 6.38. The van der Waals surface area contributed by atoms with E-state index in [0.717, 1.165) is 48.6 Å². The van der Waals surface area contributed by atoms with Gasteiger partial charge in [-0.1, -0.05) is 12.1 Å². The smallest absolute Gasteiger partial charge is 0.191 e. The Morgan fingerprint density at radius 3 is 2.74 bits per heavy atom. The molecule has 0 radical (unpaired) electrons. The Morgan fingerprint density at radius 1 is 1.16 bits per heavy atom. The van der Waals surface area contributed by atoms with Crippen LogP contribution in [0.25, 0.3) is 0 Å². The van der Waals surface area contributed by atoms with E-state index in [1.165, 1.54) is 6.07 Å². The van der Waals surface area contributed by atoms with Gasteiger partial charge in [-0.2, -0.15) is 0 Å². The molecule has 1 atom stereocenters. The normalized spacial score (nSPS) is 16.0. The molecule has 0 aliphatic carbocycles. The van der Waals surface area contributed by atoms with Crippen molar-refractivity contribution in [2.45, 2.75) is 33.4 Å². The first-order valence-electron chi connectivity index (χ1n) is 10.3. The number of nitrogens with one attached hydrogen (secondary N) is 2. The molecule has 2 aromatic rings. The molecule has 1 aliphatic heterocycles. The van der Waals surface area contributed by atoms with Crippen molar-refractivity contribution >= 4 is 29.9 Å². The van der Waals surface area contributed by atoms with Gasteiger partial charge in [0.15, 0.2) is 5.96 Å². The molecule has 0 saturated carbocycles. The minimum absolute atomic E-state index is 0. The van der Waals surface area contributed by atoms with Crippen molar-refractivity contribution in [3.63, 3.8) is 0 Å². The van der Waals surface area contributed by atoms with Crippen LogP contribution in [0.4, 0.5) is 8.78 Å². The highest BCUT2D eigenvalue weighted by molar-refractivity contribution is 14.0. The van der Waals surface area contributed by atoms with Gasteiger partial charge in [-0.3, -0.25) is 0 Å². The topological polar surface area (TPSA) is 54.9 Å². The highest BCUT2D eigenvalue weighted by Crippen LogP contribution is 2.22. The van der Waals surface area contributed by atoms with Crippen LogP contribution in [-0.4, -0.2) is 32.3 Å². The van der Waals surface area contributed by atoms with Gasteiger partial charge in [-0.15, -0.1) is 24.0 Å². The Kier molecular flexibility index (Phi) is 10.5. The third kappa shape index (κ3) is 7.92. The largest absolute Gasteiger partial charge is 0.493 e. The average molecular weight is 545 g/mol. The quantitative estimate of drug-likeness (QED) is 0.290. The number of hydrogen-bond acceptors (Lipinski definition) is 3. The Bertz CT molecular complexity index is 874. The number of nitrogens with zero attached hydrogens (tertiary/aromatic N) is 1. The van der Waals surface area contributed by atoms with Crippen molar-refractivity contribution in [1.29, 1.82) is 0 Å². The molecule has 1 aliphatic rings. The second-order valence-corrected chi connectivity index (χ2v) is 7.44. The monoisotopic (exact) mass is 545 g/mol. The third-order valence-corrected chi connectivity index (χ3v) is 4.93. The van der Waals surface area contributed by atoms with Crippen molar-refractivity contribution in [2.75, 3.05) is 26.4 Å². The zero-order valence-electron chi connectivity index (χ0n) is 17.9. The van der Waals surface area contributed by atoms with E-state index in [4.69, 9.17) is 9.47 Å². The van der Waals surface area contributed by atoms with Crippen molar-refractivity contribution < 1.29 is 18.3 Å². The van der Waals surface area contributed by atoms with Gasteiger partial charge in [-0.05, 0) is 50.1 Å². The Labute approximate surface area is 199 Å². The van der Waals surface area contributed by atoms with Crippen LogP contribution in [0.5, 0.6) is 5.75 Å². The fourth-order valence-electron chi connectivity index (χ4n) is 3.21. The molecule has 0 bridgehead atoms. The number of hydrogen-bond donors (Lipinski definition) is 2. The number of benzene rings is 2. The van der Waals surface area contributed by atoms with E-state index in [1.54, 1.807) is 0 Å². The Morgan fingerprint density at radius 2 is 2.00 bits per heavy atom. The van der Waals surface area contributed by atoms with Crippen molar-refractivity contribution in [3.8, 4) is 5.75 Å². The van der Waals surface area contributed by atoms with Gasteiger partial charge in [0.25, 0.3) is 0 Å². The summed E-state index contributed by atoms with van der Waals surface area (Å²) >= 11 is 0. The highest BCUT2D eigenvalue weighted by Gasteiger charge is 2.17. The lowest BCUT2D eigenvalue weighted by atomic mass is 10.1. The van der Waals surface area contributed by atoms with E-state index < -0.39 is 11.6 Å².